The molecule has 180 valence electrons. The van der Waals surface area contributed by atoms with Crippen molar-refractivity contribution in [1.82, 2.24) is 19.8 Å². The number of likely N-dealkylation sites (N-methyl/N-ethyl adjacent to an activating group) is 1. The second-order valence-corrected chi connectivity index (χ2v) is 10.2. The number of hydrogen-bond acceptors (Lipinski definition) is 3. The highest BCUT2D eigenvalue weighted by Gasteiger charge is 2.21. The van der Waals surface area contributed by atoms with Gasteiger partial charge in [0, 0.05) is 55.1 Å². The zero-order chi connectivity index (χ0) is 24.7. The molecule has 1 aliphatic heterocycles. The number of benzene rings is 2. The maximum Gasteiger partial charge on any atom is 0.253 e. The summed E-state index contributed by atoms with van der Waals surface area (Å²) in [5.41, 5.74) is 9.89. The lowest BCUT2D eigenvalue weighted by molar-refractivity contribution is 0.0827. The molecule has 2 aromatic heterocycles. The Labute approximate surface area is 207 Å². The van der Waals surface area contributed by atoms with Crippen molar-refractivity contribution in [2.75, 3.05) is 34.2 Å². The molecular formula is C30H34N4O. The van der Waals surface area contributed by atoms with Gasteiger partial charge in [0.2, 0.25) is 0 Å². The summed E-state index contributed by atoms with van der Waals surface area (Å²) in [6.07, 6.45) is 6.50. The molecular weight excluding hydrogens is 432 g/mol. The third-order valence-electron chi connectivity index (χ3n) is 7.37. The minimum atomic E-state index is 0.0237. The number of nitrogens with one attached hydrogen (secondary N) is 1. The molecule has 1 saturated heterocycles. The van der Waals surface area contributed by atoms with E-state index in [1.54, 1.807) is 19.0 Å². The molecule has 1 amide bonds. The van der Waals surface area contributed by atoms with E-state index >= 15 is 0 Å². The van der Waals surface area contributed by atoms with Crippen LogP contribution in [0.15, 0.2) is 54.9 Å². The van der Waals surface area contributed by atoms with Crippen molar-refractivity contribution in [3.05, 3.63) is 77.1 Å². The topological polar surface area (TPSA) is 52.2 Å². The highest BCUT2D eigenvalue weighted by Crippen LogP contribution is 2.34. The van der Waals surface area contributed by atoms with E-state index in [9.17, 15) is 4.79 Å². The lowest BCUT2D eigenvalue weighted by Gasteiger charge is -2.31. The first-order chi connectivity index (χ1) is 16.8. The number of piperidine rings is 1. The molecule has 0 radical (unpaired) electrons. The number of aryl methyl sites for hydroxylation is 2. The number of carbonyl (C=O) groups excluding carboxylic acids is 1. The van der Waals surface area contributed by atoms with Crippen molar-refractivity contribution < 1.29 is 4.79 Å². The fourth-order valence-corrected chi connectivity index (χ4v) is 5.45. The summed E-state index contributed by atoms with van der Waals surface area (Å²) in [5.74, 6) is 0.640. The second kappa shape index (κ2) is 9.31. The Balaban J connectivity index is 1.49. The molecule has 1 fully saturated rings. The summed E-state index contributed by atoms with van der Waals surface area (Å²) in [6.45, 7) is 6.57. The number of likely N-dealkylation sites (tertiary alicyclic amines) is 1. The van der Waals surface area contributed by atoms with Gasteiger partial charge in [0.25, 0.3) is 5.91 Å². The van der Waals surface area contributed by atoms with Gasteiger partial charge < -0.3 is 14.8 Å². The van der Waals surface area contributed by atoms with Gasteiger partial charge in [-0.25, -0.2) is 4.98 Å². The third-order valence-corrected chi connectivity index (χ3v) is 7.37. The number of pyridine rings is 1. The first-order valence-corrected chi connectivity index (χ1v) is 12.4. The van der Waals surface area contributed by atoms with Crippen LogP contribution in [-0.4, -0.2) is 59.9 Å². The fraction of sp³-hybridized carbons (Fsp3) is 0.333. The number of rotatable bonds is 4. The van der Waals surface area contributed by atoms with Crippen LogP contribution in [0.4, 0.5) is 0 Å². The van der Waals surface area contributed by atoms with E-state index in [-0.39, 0.29) is 5.91 Å². The minimum absolute atomic E-state index is 0.0237. The van der Waals surface area contributed by atoms with E-state index in [2.05, 4.69) is 54.2 Å². The van der Waals surface area contributed by atoms with E-state index < -0.39 is 0 Å². The SMILES string of the molecule is Cc1cc(-c2c[nH]c3ncc(-c4ccc([C@H]5CCCN(C)C5)c(C)c4)cc23)ccc1C(=O)N(C)C. The van der Waals surface area contributed by atoms with Crippen molar-refractivity contribution in [3.8, 4) is 22.3 Å². The largest absolute Gasteiger partial charge is 0.346 e. The van der Waals surface area contributed by atoms with Crippen molar-refractivity contribution in [2.45, 2.75) is 32.6 Å². The lowest BCUT2D eigenvalue weighted by atomic mass is 9.87. The van der Waals surface area contributed by atoms with Gasteiger partial charge in [-0.2, -0.15) is 0 Å². The van der Waals surface area contributed by atoms with E-state index in [4.69, 9.17) is 4.98 Å². The van der Waals surface area contributed by atoms with Crippen LogP contribution >= 0.6 is 0 Å². The highest BCUT2D eigenvalue weighted by molar-refractivity contribution is 5.99. The molecule has 35 heavy (non-hydrogen) atoms. The first-order valence-electron chi connectivity index (χ1n) is 12.4. The number of H-pyrrole nitrogens is 1. The summed E-state index contributed by atoms with van der Waals surface area (Å²) in [6, 6.07) is 15.1. The van der Waals surface area contributed by atoms with Crippen molar-refractivity contribution in [2.24, 2.45) is 0 Å². The number of carbonyl (C=O) groups is 1. The summed E-state index contributed by atoms with van der Waals surface area (Å²) in [7, 11) is 5.79. The average Bonchev–Trinajstić information content (AvgIpc) is 3.26. The molecule has 0 unspecified atom stereocenters. The van der Waals surface area contributed by atoms with Gasteiger partial charge >= 0.3 is 0 Å². The van der Waals surface area contributed by atoms with Gasteiger partial charge in [0.15, 0.2) is 0 Å². The fourth-order valence-electron chi connectivity index (χ4n) is 5.45. The Hall–Kier alpha value is -3.44. The quantitative estimate of drug-likeness (QED) is 0.400. The molecule has 2 aromatic carbocycles. The van der Waals surface area contributed by atoms with Gasteiger partial charge in [-0.15, -0.1) is 0 Å². The van der Waals surface area contributed by atoms with Crippen molar-refractivity contribution in [3.63, 3.8) is 0 Å². The Bertz CT molecular complexity index is 1400. The molecule has 1 aliphatic rings. The van der Waals surface area contributed by atoms with Crippen molar-refractivity contribution >= 4 is 16.9 Å². The molecule has 5 heteroatoms. The molecule has 0 bridgehead atoms. The highest BCUT2D eigenvalue weighted by atomic mass is 16.2. The number of aromatic nitrogens is 2. The van der Waals surface area contributed by atoms with Gasteiger partial charge in [0.05, 0.1) is 0 Å². The summed E-state index contributed by atoms with van der Waals surface area (Å²) in [4.78, 5) is 24.6. The zero-order valence-corrected chi connectivity index (χ0v) is 21.4. The standard InChI is InChI=1S/C30H34N4O/c1-19-13-21(8-10-25(19)23-7-6-12-34(5)18-23)24-15-27-28(17-32-29(27)31-16-24)22-9-11-26(20(2)14-22)30(35)33(3)4/h8-11,13-17,23H,6-7,12,18H2,1-5H3,(H,31,32)/t23-/m0/s1. The predicted octanol–water partition coefficient (Wildman–Crippen LogP) is 6.02. The van der Waals surface area contributed by atoms with Crippen LogP contribution < -0.4 is 0 Å². The predicted molar refractivity (Wildman–Crippen MR) is 144 cm³/mol. The molecule has 5 rings (SSSR count). The Morgan fingerprint density at radius 1 is 1.03 bits per heavy atom. The van der Waals surface area contributed by atoms with Crippen LogP contribution in [0.5, 0.6) is 0 Å². The van der Waals surface area contributed by atoms with Crippen LogP contribution in [0.3, 0.4) is 0 Å². The molecule has 1 atom stereocenters. The normalized spacial score (nSPS) is 16.5. The van der Waals surface area contributed by atoms with E-state index in [1.165, 1.54) is 36.1 Å². The molecule has 4 aromatic rings. The second-order valence-electron chi connectivity index (χ2n) is 10.2. The molecule has 0 spiro atoms. The maximum atomic E-state index is 12.5. The minimum Gasteiger partial charge on any atom is -0.346 e. The molecule has 5 nitrogen and oxygen atoms in total. The number of amides is 1. The van der Waals surface area contributed by atoms with Gasteiger partial charge in [-0.05, 0) is 86.1 Å². The maximum absolute atomic E-state index is 12.5. The number of aromatic amines is 1. The Morgan fingerprint density at radius 3 is 2.51 bits per heavy atom. The third kappa shape index (κ3) is 4.48. The van der Waals surface area contributed by atoms with Crippen LogP contribution in [-0.2, 0) is 0 Å². The Kier molecular flexibility index (Phi) is 6.20. The number of fused-ring (bicyclic) bond motifs is 1. The van der Waals surface area contributed by atoms with Crippen LogP contribution in [0.25, 0.3) is 33.3 Å². The smallest absolute Gasteiger partial charge is 0.253 e. The van der Waals surface area contributed by atoms with E-state index in [0.717, 1.165) is 45.4 Å². The van der Waals surface area contributed by atoms with Crippen LogP contribution in [0.1, 0.15) is 45.8 Å². The molecule has 0 aliphatic carbocycles. The zero-order valence-electron chi connectivity index (χ0n) is 21.4. The van der Waals surface area contributed by atoms with E-state index in [0.29, 0.717) is 5.92 Å². The summed E-state index contributed by atoms with van der Waals surface area (Å²) >= 11 is 0. The summed E-state index contributed by atoms with van der Waals surface area (Å²) in [5, 5.41) is 1.09. The average molecular weight is 467 g/mol. The lowest BCUT2D eigenvalue weighted by Crippen LogP contribution is -2.31. The molecule has 0 saturated carbocycles. The summed E-state index contributed by atoms with van der Waals surface area (Å²) < 4.78 is 0. The Morgan fingerprint density at radius 2 is 1.80 bits per heavy atom. The van der Waals surface area contributed by atoms with Crippen LogP contribution in [0, 0.1) is 13.8 Å². The van der Waals surface area contributed by atoms with Crippen molar-refractivity contribution in [1.29, 1.82) is 0 Å². The number of hydrogen-bond donors (Lipinski definition) is 1. The van der Waals surface area contributed by atoms with Gasteiger partial charge in [-0.3, -0.25) is 4.79 Å². The first kappa shape index (κ1) is 23.3. The van der Waals surface area contributed by atoms with Crippen LogP contribution in [0.2, 0.25) is 0 Å². The number of nitrogens with zero attached hydrogens (tertiary/aromatic N) is 3. The van der Waals surface area contributed by atoms with Gasteiger partial charge in [-0.1, -0.05) is 30.3 Å². The van der Waals surface area contributed by atoms with E-state index in [1.807, 2.05) is 31.5 Å². The monoisotopic (exact) mass is 466 g/mol. The van der Waals surface area contributed by atoms with Gasteiger partial charge in [0.1, 0.15) is 5.65 Å². The molecule has 3 heterocycles. The molecule has 1 N–H and O–H groups in total.